The standard InChI is InChI=1S/C13H17FN2O2/c1-15-13(18)12-3-2-6-16(12)11-5-4-9(8-17)7-10(11)14/h4-5,7,12,17H,2-3,6,8H2,1H3,(H,15,18). The fourth-order valence-corrected chi connectivity index (χ4v) is 2.38. The van der Waals surface area contributed by atoms with Crippen molar-refractivity contribution in [1.82, 2.24) is 5.32 Å². The number of amides is 1. The van der Waals surface area contributed by atoms with E-state index in [1.54, 1.807) is 24.1 Å². The molecule has 1 amide bonds. The van der Waals surface area contributed by atoms with Crippen LogP contribution in [0.2, 0.25) is 0 Å². The number of carbonyl (C=O) groups excluding carboxylic acids is 1. The minimum atomic E-state index is -0.391. The molecule has 0 radical (unpaired) electrons. The van der Waals surface area contributed by atoms with Gasteiger partial charge in [0.2, 0.25) is 5.91 Å². The molecule has 2 N–H and O–H groups in total. The predicted molar refractivity (Wildman–Crippen MR) is 66.8 cm³/mol. The number of nitrogens with zero attached hydrogens (tertiary/aromatic N) is 1. The number of hydrogen-bond donors (Lipinski definition) is 2. The smallest absolute Gasteiger partial charge is 0.242 e. The first-order chi connectivity index (χ1) is 8.67. The fraction of sp³-hybridized carbons (Fsp3) is 0.462. The average Bonchev–Trinajstić information content (AvgIpc) is 2.86. The molecule has 2 rings (SSSR count). The van der Waals surface area contributed by atoms with Crippen molar-refractivity contribution in [2.75, 3.05) is 18.5 Å². The lowest BCUT2D eigenvalue weighted by Gasteiger charge is -2.26. The maximum Gasteiger partial charge on any atom is 0.242 e. The zero-order chi connectivity index (χ0) is 13.1. The summed E-state index contributed by atoms with van der Waals surface area (Å²) in [5.41, 5.74) is 0.963. The van der Waals surface area contributed by atoms with E-state index in [1.165, 1.54) is 6.07 Å². The summed E-state index contributed by atoms with van der Waals surface area (Å²) >= 11 is 0. The zero-order valence-corrected chi connectivity index (χ0v) is 10.3. The molecular formula is C13H17FN2O2. The Balaban J connectivity index is 2.27. The van der Waals surface area contributed by atoms with Crippen molar-refractivity contribution in [2.45, 2.75) is 25.5 Å². The van der Waals surface area contributed by atoms with E-state index >= 15 is 0 Å². The Labute approximate surface area is 105 Å². The van der Waals surface area contributed by atoms with Crippen molar-refractivity contribution in [2.24, 2.45) is 0 Å². The van der Waals surface area contributed by atoms with Crippen LogP contribution < -0.4 is 10.2 Å². The SMILES string of the molecule is CNC(=O)C1CCCN1c1ccc(CO)cc1F. The highest BCUT2D eigenvalue weighted by Gasteiger charge is 2.31. The molecule has 5 heteroatoms. The number of aliphatic hydroxyl groups excluding tert-OH is 1. The summed E-state index contributed by atoms with van der Waals surface area (Å²) in [6.45, 7) is 0.490. The second kappa shape index (κ2) is 5.35. The third-order valence-corrected chi connectivity index (χ3v) is 3.31. The minimum absolute atomic E-state index is 0.0851. The van der Waals surface area contributed by atoms with Gasteiger partial charge >= 0.3 is 0 Å². The van der Waals surface area contributed by atoms with E-state index in [0.717, 1.165) is 12.8 Å². The Morgan fingerprint density at radius 2 is 2.39 bits per heavy atom. The first kappa shape index (κ1) is 12.8. The molecule has 1 fully saturated rings. The van der Waals surface area contributed by atoms with Gasteiger partial charge in [-0.15, -0.1) is 0 Å². The number of halogens is 1. The van der Waals surface area contributed by atoms with Gasteiger partial charge in [-0.05, 0) is 30.5 Å². The molecule has 0 aromatic heterocycles. The normalized spacial score (nSPS) is 19.1. The van der Waals surface area contributed by atoms with Crippen LogP contribution in [-0.4, -0.2) is 30.6 Å². The van der Waals surface area contributed by atoms with Gasteiger partial charge in [0.05, 0.1) is 12.3 Å². The van der Waals surface area contributed by atoms with E-state index in [-0.39, 0.29) is 18.6 Å². The molecule has 0 bridgehead atoms. The van der Waals surface area contributed by atoms with Gasteiger partial charge in [0, 0.05) is 13.6 Å². The molecule has 1 heterocycles. The molecule has 4 nitrogen and oxygen atoms in total. The Morgan fingerprint density at radius 1 is 1.61 bits per heavy atom. The lowest BCUT2D eigenvalue weighted by molar-refractivity contribution is -0.121. The van der Waals surface area contributed by atoms with Crippen molar-refractivity contribution >= 4 is 11.6 Å². The van der Waals surface area contributed by atoms with E-state index in [4.69, 9.17) is 5.11 Å². The van der Waals surface area contributed by atoms with E-state index in [1.807, 2.05) is 0 Å². The van der Waals surface area contributed by atoms with Gasteiger partial charge in [-0.1, -0.05) is 6.07 Å². The largest absolute Gasteiger partial charge is 0.392 e. The molecular weight excluding hydrogens is 235 g/mol. The van der Waals surface area contributed by atoms with E-state index in [0.29, 0.717) is 17.8 Å². The van der Waals surface area contributed by atoms with Crippen LogP contribution in [0.15, 0.2) is 18.2 Å². The van der Waals surface area contributed by atoms with Crippen LogP contribution in [-0.2, 0) is 11.4 Å². The van der Waals surface area contributed by atoms with Gasteiger partial charge in [0.15, 0.2) is 0 Å². The highest BCUT2D eigenvalue weighted by Crippen LogP contribution is 2.28. The van der Waals surface area contributed by atoms with Crippen LogP contribution in [0.1, 0.15) is 18.4 Å². The van der Waals surface area contributed by atoms with Crippen LogP contribution in [0.4, 0.5) is 10.1 Å². The van der Waals surface area contributed by atoms with Crippen molar-refractivity contribution in [1.29, 1.82) is 0 Å². The molecule has 98 valence electrons. The molecule has 18 heavy (non-hydrogen) atoms. The summed E-state index contributed by atoms with van der Waals surface area (Å²) in [4.78, 5) is 13.5. The molecule has 1 aromatic rings. The lowest BCUT2D eigenvalue weighted by Crippen LogP contribution is -2.42. The Kier molecular flexibility index (Phi) is 3.81. The van der Waals surface area contributed by atoms with Gasteiger partial charge in [0.25, 0.3) is 0 Å². The maximum absolute atomic E-state index is 13.9. The third kappa shape index (κ3) is 2.31. The van der Waals surface area contributed by atoms with Gasteiger partial charge in [-0.25, -0.2) is 4.39 Å². The number of aliphatic hydroxyl groups is 1. The maximum atomic E-state index is 13.9. The quantitative estimate of drug-likeness (QED) is 0.845. The summed E-state index contributed by atoms with van der Waals surface area (Å²) < 4.78 is 13.9. The van der Waals surface area contributed by atoms with E-state index in [9.17, 15) is 9.18 Å². The summed E-state index contributed by atoms with van der Waals surface area (Å²) in [5.74, 6) is -0.476. The topological polar surface area (TPSA) is 52.6 Å². The van der Waals surface area contributed by atoms with Crippen molar-refractivity contribution in [3.63, 3.8) is 0 Å². The molecule has 1 saturated heterocycles. The average molecular weight is 252 g/mol. The van der Waals surface area contributed by atoms with Gasteiger partial charge in [-0.3, -0.25) is 4.79 Å². The number of rotatable bonds is 3. The van der Waals surface area contributed by atoms with Crippen molar-refractivity contribution in [3.8, 4) is 0 Å². The monoisotopic (exact) mass is 252 g/mol. The summed E-state index contributed by atoms with van der Waals surface area (Å²) in [6.07, 6.45) is 1.61. The molecule has 1 aromatic carbocycles. The van der Waals surface area contributed by atoms with Crippen LogP contribution in [0.5, 0.6) is 0 Å². The molecule has 1 atom stereocenters. The van der Waals surface area contributed by atoms with E-state index in [2.05, 4.69) is 5.32 Å². The van der Waals surface area contributed by atoms with Crippen molar-refractivity contribution in [3.05, 3.63) is 29.6 Å². The Morgan fingerprint density at radius 3 is 3.00 bits per heavy atom. The Hall–Kier alpha value is -1.62. The first-order valence-corrected chi connectivity index (χ1v) is 6.05. The second-order valence-electron chi connectivity index (χ2n) is 4.41. The molecule has 1 unspecified atom stereocenters. The Bertz CT molecular complexity index is 451. The highest BCUT2D eigenvalue weighted by atomic mass is 19.1. The minimum Gasteiger partial charge on any atom is -0.392 e. The van der Waals surface area contributed by atoms with Gasteiger partial charge in [0.1, 0.15) is 11.9 Å². The first-order valence-electron chi connectivity index (χ1n) is 6.05. The summed E-state index contributed by atoms with van der Waals surface area (Å²) in [6, 6.07) is 4.32. The number of nitrogens with one attached hydrogen (secondary N) is 1. The lowest BCUT2D eigenvalue weighted by atomic mass is 10.1. The molecule has 0 saturated carbocycles. The zero-order valence-electron chi connectivity index (χ0n) is 10.3. The molecule has 1 aliphatic heterocycles. The molecule has 0 spiro atoms. The van der Waals surface area contributed by atoms with Crippen LogP contribution in [0.25, 0.3) is 0 Å². The van der Waals surface area contributed by atoms with Crippen LogP contribution in [0, 0.1) is 5.82 Å². The van der Waals surface area contributed by atoms with Crippen molar-refractivity contribution < 1.29 is 14.3 Å². The highest BCUT2D eigenvalue weighted by molar-refractivity contribution is 5.85. The summed E-state index contributed by atoms with van der Waals surface area (Å²) in [5, 5.41) is 11.6. The summed E-state index contributed by atoms with van der Waals surface area (Å²) in [7, 11) is 1.59. The molecule has 0 aliphatic carbocycles. The number of likely N-dealkylation sites (N-methyl/N-ethyl adjacent to an activating group) is 1. The number of carbonyl (C=O) groups is 1. The van der Waals surface area contributed by atoms with Gasteiger partial charge in [-0.2, -0.15) is 0 Å². The predicted octanol–water partition coefficient (Wildman–Crippen LogP) is 1.03. The fourth-order valence-electron chi connectivity index (χ4n) is 2.38. The number of hydrogen-bond acceptors (Lipinski definition) is 3. The molecule has 1 aliphatic rings. The number of benzene rings is 1. The van der Waals surface area contributed by atoms with Gasteiger partial charge < -0.3 is 15.3 Å². The van der Waals surface area contributed by atoms with E-state index < -0.39 is 5.82 Å². The van der Waals surface area contributed by atoms with Crippen LogP contribution in [0.3, 0.4) is 0 Å². The second-order valence-corrected chi connectivity index (χ2v) is 4.41. The third-order valence-electron chi connectivity index (χ3n) is 3.31. The van der Waals surface area contributed by atoms with Crippen LogP contribution >= 0.6 is 0 Å². The number of anilines is 1.